The maximum atomic E-state index is 12.4. The molecule has 3 aromatic rings. The third-order valence-corrected chi connectivity index (χ3v) is 9.75. The Hall–Kier alpha value is -1.75. The number of allylic oxidation sites excluding steroid dienone is 1. The molecule has 2 N–H and O–H groups in total. The van der Waals surface area contributed by atoms with Crippen molar-refractivity contribution in [1.82, 2.24) is 19.8 Å². The average molecular weight is 594 g/mol. The number of urea groups is 1. The summed E-state index contributed by atoms with van der Waals surface area (Å²) in [6, 6.07) is 5.72. The van der Waals surface area contributed by atoms with Crippen molar-refractivity contribution >= 4 is 79.4 Å². The van der Waals surface area contributed by atoms with E-state index in [1.807, 2.05) is 28.5 Å². The maximum Gasteiger partial charge on any atom is 0.328 e. The van der Waals surface area contributed by atoms with Crippen molar-refractivity contribution in [3.05, 3.63) is 72.3 Å². The molecule has 0 fully saturated rings. The fourth-order valence-corrected chi connectivity index (χ4v) is 7.19. The van der Waals surface area contributed by atoms with Gasteiger partial charge < -0.3 is 5.32 Å². The third kappa shape index (κ3) is 5.98. The number of carbonyl (C=O) groups is 1. The Labute approximate surface area is 227 Å². The van der Waals surface area contributed by atoms with Gasteiger partial charge in [-0.05, 0) is 55.5 Å². The number of hydrogen-bond acceptors (Lipinski definition) is 5. The lowest BCUT2D eigenvalue weighted by molar-refractivity contribution is 0.247. The van der Waals surface area contributed by atoms with Gasteiger partial charge in [0.15, 0.2) is 0 Å². The van der Waals surface area contributed by atoms with E-state index in [-0.39, 0.29) is 20.1 Å². The first kappa shape index (κ1) is 26.3. The molecule has 2 heterocycles. The highest BCUT2D eigenvalue weighted by Crippen LogP contribution is 2.35. The first-order valence-electron chi connectivity index (χ1n) is 10.5. The van der Waals surface area contributed by atoms with E-state index >= 15 is 0 Å². The first-order valence-corrected chi connectivity index (χ1v) is 14.3. The predicted molar refractivity (Wildman–Crippen MR) is 142 cm³/mol. The molecule has 186 valence electrons. The Morgan fingerprint density at radius 1 is 1.17 bits per heavy atom. The molecular formula is C22H20Cl4N4O3S2. The zero-order chi connectivity index (χ0) is 25.3. The molecular weight excluding hydrogens is 574 g/mol. The highest BCUT2D eigenvalue weighted by molar-refractivity contribution is 7.92. The van der Waals surface area contributed by atoms with E-state index < -0.39 is 16.1 Å². The molecule has 0 bridgehead atoms. The summed E-state index contributed by atoms with van der Waals surface area (Å²) in [6.45, 7) is 2.58. The number of rotatable bonds is 6. The van der Waals surface area contributed by atoms with Crippen LogP contribution in [0.25, 0.3) is 5.57 Å². The van der Waals surface area contributed by atoms with Crippen molar-refractivity contribution in [2.45, 2.75) is 36.9 Å². The molecule has 0 atom stereocenters. The number of carbonyl (C=O) groups excluding carboxylic acids is 1. The molecule has 0 unspecified atom stereocenters. The summed E-state index contributed by atoms with van der Waals surface area (Å²) in [6.07, 6.45) is 4.54. The van der Waals surface area contributed by atoms with Crippen molar-refractivity contribution in [2.24, 2.45) is 0 Å². The summed E-state index contributed by atoms with van der Waals surface area (Å²) in [5.74, 6) is 0. The first-order chi connectivity index (χ1) is 16.5. The van der Waals surface area contributed by atoms with E-state index in [9.17, 15) is 13.2 Å². The summed E-state index contributed by atoms with van der Waals surface area (Å²) in [7, 11) is -4.08. The van der Waals surface area contributed by atoms with Gasteiger partial charge in [-0.3, -0.25) is 4.68 Å². The van der Waals surface area contributed by atoms with Crippen LogP contribution < -0.4 is 10.0 Å². The lowest BCUT2D eigenvalue weighted by atomic mass is 9.91. The van der Waals surface area contributed by atoms with Gasteiger partial charge in [-0.1, -0.05) is 58.5 Å². The van der Waals surface area contributed by atoms with Crippen LogP contribution in [0.4, 0.5) is 4.79 Å². The quantitative estimate of drug-likeness (QED) is 0.349. The molecule has 1 aliphatic rings. The normalized spacial score (nSPS) is 14.7. The fourth-order valence-electron chi connectivity index (χ4n) is 3.91. The van der Waals surface area contributed by atoms with Gasteiger partial charge in [0.1, 0.15) is 8.55 Å². The minimum absolute atomic E-state index is 0.113. The molecule has 2 amide bonds. The van der Waals surface area contributed by atoms with Crippen molar-refractivity contribution in [3.63, 3.8) is 0 Å². The van der Waals surface area contributed by atoms with Crippen molar-refractivity contribution in [1.29, 1.82) is 0 Å². The van der Waals surface area contributed by atoms with Crippen LogP contribution in [-0.4, -0.2) is 30.8 Å². The van der Waals surface area contributed by atoms with Crippen molar-refractivity contribution < 1.29 is 13.2 Å². The largest absolute Gasteiger partial charge is 0.334 e. The number of aryl methyl sites for hydroxylation is 1. The van der Waals surface area contributed by atoms with E-state index in [2.05, 4.69) is 5.32 Å². The molecule has 0 saturated carbocycles. The highest BCUT2D eigenvalue weighted by atomic mass is 35.5. The molecule has 13 heteroatoms. The second-order valence-corrected chi connectivity index (χ2v) is 12.7. The van der Waals surface area contributed by atoms with Crippen LogP contribution in [0.2, 0.25) is 19.4 Å². The molecule has 7 nitrogen and oxygen atoms in total. The lowest BCUT2D eigenvalue weighted by Gasteiger charge is -2.19. The van der Waals surface area contributed by atoms with Gasteiger partial charge in [0.2, 0.25) is 0 Å². The highest BCUT2D eigenvalue weighted by Gasteiger charge is 2.24. The van der Waals surface area contributed by atoms with Crippen molar-refractivity contribution in [2.75, 3.05) is 6.54 Å². The van der Waals surface area contributed by atoms with E-state index in [0.717, 1.165) is 58.7 Å². The molecule has 35 heavy (non-hydrogen) atoms. The van der Waals surface area contributed by atoms with Crippen LogP contribution in [0.15, 0.2) is 34.6 Å². The minimum atomic E-state index is -4.08. The Kier molecular flexibility index (Phi) is 8.05. The van der Waals surface area contributed by atoms with Crippen LogP contribution in [0.1, 0.15) is 35.4 Å². The van der Waals surface area contributed by atoms with Gasteiger partial charge in [-0.25, -0.2) is 17.9 Å². The Morgan fingerprint density at radius 3 is 2.63 bits per heavy atom. The molecule has 0 aliphatic heterocycles. The van der Waals surface area contributed by atoms with Crippen LogP contribution in [-0.2, 0) is 23.0 Å². The summed E-state index contributed by atoms with van der Waals surface area (Å²) < 4.78 is 28.6. The third-order valence-electron chi connectivity index (χ3n) is 5.49. The van der Waals surface area contributed by atoms with Gasteiger partial charge in [0.05, 0.1) is 23.0 Å². The second-order valence-electron chi connectivity index (χ2n) is 7.89. The molecule has 0 radical (unpaired) electrons. The smallest absolute Gasteiger partial charge is 0.328 e. The number of nitrogens with one attached hydrogen (secondary N) is 2. The Bertz CT molecular complexity index is 1410. The Balaban J connectivity index is 1.48. The molecule has 0 spiro atoms. The number of fused-ring (bicyclic) bond motifs is 1. The fraction of sp³-hybridized carbons (Fsp3) is 0.273. The van der Waals surface area contributed by atoms with Gasteiger partial charge >= 0.3 is 6.03 Å². The molecule has 0 saturated heterocycles. The van der Waals surface area contributed by atoms with Crippen LogP contribution in [0.5, 0.6) is 0 Å². The van der Waals surface area contributed by atoms with Gasteiger partial charge in [-0.2, -0.15) is 5.10 Å². The van der Waals surface area contributed by atoms with E-state index in [1.54, 1.807) is 12.1 Å². The summed E-state index contributed by atoms with van der Waals surface area (Å²) >= 11 is 24.8. The van der Waals surface area contributed by atoms with Crippen LogP contribution in [0, 0.1) is 6.92 Å². The molecule has 2 aromatic heterocycles. The SMILES string of the molecule is Cc1nn(Cc2ccc(Cl)cc2Cl)c2c1CCC/C2=C\CNC(=O)NS(=O)(=O)c1cc(Cl)c(Cl)s1. The van der Waals surface area contributed by atoms with Crippen LogP contribution >= 0.6 is 57.7 Å². The Morgan fingerprint density at radius 2 is 1.94 bits per heavy atom. The van der Waals surface area contributed by atoms with Crippen molar-refractivity contribution in [3.8, 4) is 0 Å². The van der Waals surface area contributed by atoms with E-state index in [1.165, 1.54) is 6.07 Å². The average Bonchev–Trinajstić information content (AvgIpc) is 3.29. The van der Waals surface area contributed by atoms with Crippen LogP contribution in [0.3, 0.4) is 0 Å². The number of sulfonamides is 1. The standard InChI is InChI=1S/C22H20Cl4N4O3S2/c1-12-16-4-2-3-13(20(16)30(28-12)11-14-5-6-15(23)9-17(14)24)7-8-27-22(31)29-35(32,33)19-10-18(25)21(26)34-19/h5-7,9-10H,2-4,8,11H2,1H3,(H2,27,29,31)/b13-7+. The molecule has 4 rings (SSSR count). The topological polar surface area (TPSA) is 93.1 Å². The van der Waals surface area contributed by atoms with E-state index in [0.29, 0.717) is 16.6 Å². The number of halogens is 4. The predicted octanol–water partition coefficient (Wildman–Crippen LogP) is 6.32. The number of hydrogen-bond donors (Lipinski definition) is 2. The zero-order valence-electron chi connectivity index (χ0n) is 18.4. The summed E-state index contributed by atoms with van der Waals surface area (Å²) in [5, 5.41) is 8.53. The lowest BCUT2D eigenvalue weighted by Crippen LogP contribution is -2.39. The van der Waals surface area contributed by atoms with Gasteiger partial charge in [0.25, 0.3) is 10.0 Å². The summed E-state index contributed by atoms with van der Waals surface area (Å²) in [5.41, 5.74) is 5.02. The zero-order valence-corrected chi connectivity index (χ0v) is 23.0. The van der Waals surface area contributed by atoms with Gasteiger partial charge in [0, 0.05) is 22.2 Å². The summed E-state index contributed by atoms with van der Waals surface area (Å²) in [4.78, 5) is 12.3. The van der Waals surface area contributed by atoms with Gasteiger partial charge in [-0.15, -0.1) is 11.3 Å². The molecule has 1 aliphatic carbocycles. The number of aromatic nitrogens is 2. The number of benzene rings is 1. The number of nitrogens with zero attached hydrogens (tertiary/aromatic N) is 2. The monoisotopic (exact) mass is 592 g/mol. The number of thiophene rings is 1. The maximum absolute atomic E-state index is 12.4. The minimum Gasteiger partial charge on any atom is -0.334 e. The van der Waals surface area contributed by atoms with E-state index in [4.69, 9.17) is 51.5 Å². The number of amides is 2. The second kappa shape index (κ2) is 10.7. The molecule has 1 aromatic carbocycles.